The average molecular weight is 401 g/mol. The molecule has 0 saturated carbocycles. The van der Waals surface area contributed by atoms with Gasteiger partial charge < -0.3 is 10.4 Å². The van der Waals surface area contributed by atoms with Crippen LogP contribution in [0, 0.1) is 11.6 Å². The van der Waals surface area contributed by atoms with Crippen molar-refractivity contribution in [3.05, 3.63) is 77.0 Å². The van der Waals surface area contributed by atoms with E-state index in [0.29, 0.717) is 17.1 Å². The number of carbonyl (C=O) groups is 2. The van der Waals surface area contributed by atoms with Crippen LogP contribution in [0.3, 0.4) is 0 Å². The highest BCUT2D eigenvalue weighted by Gasteiger charge is 2.30. The number of carboxylic acids is 1. The molecule has 2 heterocycles. The number of fused-ring (bicyclic) bond motifs is 1. The van der Waals surface area contributed by atoms with Gasteiger partial charge in [-0.15, -0.1) is 11.8 Å². The molecule has 0 aliphatic carbocycles. The van der Waals surface area contributed by atoms with Crippen LogP contribution in [0.1, 0.15) is 26.7 Å². The third-order valence-corrected chi connectivity index (χ3v) is 5.61. The van der Waals surface area contributed by atoms with E-state index >= 15 is 0 Å². The zero-order valence-corrected chi connectivity index (χ0v) is 15.0. The lowest BCUT2D eigenvalue weighted by molar-refractivity contribution is -0.113. The number of anilines is 1. The highest BCUT2D eigenvalue weighted by Crippen LogP contribution is 2.43. The second kappa shape index (κ2) is 7.08. The van der Waals surface area contributed by atoms with Gasteiger partial charge in [-0.1, -0.05) is 12.1 Å². The van der Waals surface area contributed by atoms with Crippen molar-refractivity contribution in [1.82, 2.24) is 9.78 Å². The number of amides is 1. The first kappa shape index (κ1) is 18.2. The zero-order valence-electron chi connectivity index (χ0n) is 14.2. The quantitative estimate of drug-likeness (QED) is 0.700. The van der Waals surface area contributed by atoms with Crippen molar-refractivity contribution < 1.29 is 23.5 Å². The van der Waals surface area contributed by atoms with Crippen molar-refractivity contribution >= 4 is 29.5 Å². The Kier molecular flexibility index (Phi) is 4.60. The molecule has 0 radical (unpaired) electrons. The molecular weight excluding hydrogens is 388 g/mol. The molecule has 1 unspecified atom stereocenters. The molecule has 4 rings (SSSR count). The molecule has 1 aliphatic rings. The minimum atomic E-state index is -1.06. The van der Waals surface area contributed by atoms with E-state index in [9.17, 15) is 18.4 Å². The minimum absolute atomic E-state index is 0.0628. The van der Waals surface area contributed by atoms with E-state index < -0.39 is 22.9 Å². The predicted octanol–water partition coefficient (Wildman–Crippen LogP) is 3.62. The van der Waals surface area contributed by atoms with Crippen LogP contribution in [-0.4, -0.2) is 32.5 Å². The maximum atomic E-state index is 14.4. The summed E-state index contributed by atoms with van der Waals surface area (Å²) in [5, 5.41) is 15.4. The summed E-state index contributed by atoms with van der Waals surface area (Å²) in [6, 6.07) is 9.89. The van der Waals surface area contributed by atoms with Crippen LogP contribution in [-0.2, 0) is 4.79 Å². The average Bonchev–Trinajstić information content (AvgIpc) is 3.01. The molecule has 2 aromatic carbocycles. The number of carbonyl (C=O) groups excluding carboxylic acids is 1. The molecule has 3 aromatic rings. The van der Waals surface area contributed by atoms with Crippen molar-refractivity contribution in [2.45, 2.75) is 5.25 Å². The number of nitrogens with zero attached hydrogens (tertiary/aromatic N) is 2. The summed E-state index contributed by atoms with van der Waals surface area (Å²) in [6.07, 6.45) is 1.49. The molecule has 0 bridgehead atoms. The lowest BCUT2D eigenvalue weighted by Crippen LogP contribution is -2.15. The number of halogens is 2. The van der Waals surface area contributed by atoms with E-state index in [4.69, 9.17) is 5.11 Å². The zero-order chi connectivity index (χ0) is 19.8. The summed E-state index contributed by atoms with van der Waals surface area (Å²) in [4.78, 5) is 23.2. The van der Waals surface area contributed by atoms with Crippen molar-refractivity contribution in [3.8, 4) is 5.69 Å². The Morgan fingerprint density at radius 2 is 1.93 bits per heavy atom. The van der Waals surface area contributed by atoms with Gasteiger partial charge in [0.15, 0.2) is 11.6 Å². The van der Waals surface area contributed by atoms with Gasteiger partial charge >= 0.3 is 5.97 Å². The summed E-state index contributed by atoms with van der Waals surface area (Å²) in [7, 11) is 0. The molecule has 142 valence electrons. The Labute approximate surface area is 162 Å². The van der Waals surface area contributed by atoms with Gasteiger partial charge in [0.1, 0.15) is 5.82 Å². The topological polar surface area (TPSA) is 84.2 Å². The number of benzene rings is 2. The molecule has 28 heavy (non-hydrogen) atoms. The smallest absolute Gasteiger partial charge is 0.335 e. The first-order chi connectivity index (χ1) is 13.5. The molecule has 1 amide bonds. The molecule has 0 spiro atoms. The van der Waals surface area contributed by atoms with Crippen molar-refractivity contribution in [2.75, 3.05) is 11.1 Å². The Bertz CT molecular complexity index is 1080. The second-order valence-electron chi connectivity index (χ2n) is 6.09. The molecular formula is C19H13F2N3O3S. The fourth-order valence-corrected chi connectivity index (χ4v) is 4.12. The van der Waals surface area contributed by atoms with Gasteiger partial charge in [-0.3, -0.25) is 4.79 Å². The fourth-order valence-electron chi connectivity index (χ4n) is 3.02. The molecule has 1 atom stereocenters. The molecule has 0 fully saturated rings. The van der Waals surface area contributed by atoms with Crippen LogP contribution in [0.15, 0.2) is 48.7 Å². The lowest BCUT2D eigenvalue weighted by Gasteiger charge is -2.15. The van der Waals surface area contributed by atoms with Crippen LogP contribution < -0.4 is 5.32 Å². The Morgan fingerprint density at radius 3 is 2.64 bits per heavy atom. The SMILES string of the molecule is O=C1CSC(c2cccc(F)c2F)c2cnn(-c3ccc(C(=O)O)cc3)c2N1. The van der Waals surface area contributed by atoms with E-state index in [1.54, 1.807) is 12.1 Å². The van der Waals surface area contributed by atoms with E-state index in [1.165, 1.54) is 46.9 Å². The van der Waals surface area contributed by atoms with Crippen molar-refractivity contribution in [2.24, 2.45) is 0 Å². The van der Waals surface area contributed by atoms with E-state index in [1.807, 2.05) is 0 Å². The highest BCUT2D eigenvalue weighted by molar-refractivity contribution is 8.00. The maximum absolute atomic E-state index is 14.4. The normalized spacial score (nSPS) is 16.2. The Balaban J connectivity index is 1.82. The maximum Gasteiger partial charge on any atom is 0.335 e. The number of rotatable bonds is 3. The van der Waals surface area contributed by atoms with Gasteiger partial charge in [0.05, 0.1) is 28.5 Å². The molecule has 2 N–H and O–H groups in total. The standard InChI is InChI=1S/C19H13F2N3O3S/c20-14-3-1-2-12(16(14)21)17-13-8-22-24(18(13)23-15(25)9-28-17)11-6-4-10(5-7-11)19(26)27/h1-8,17H,9H2,(H,23,25)(H,26,27). The van der Waals surface area contributed by atoms with E-state index in [2.05, 4.69) is 10.4 Å². The van der Waals surface area contributed by atoms with Gasteiger partial charge in [-0.25, -0.2) is 18.3 Å². The Hall–Kier alpha value is -3.20. The number of hydrogen-bond acceptors (Lipinski definition) is 4. The van der Waals surface area contributed by atoms with Crippen molar-refractivity contribution in [1.29, 1.82) is 0 Å². The van der Waals surface area contributed by atoms with Crippen LogP contribution in [0.4, 0.5) is 14.6 Å². The number of hydrogen-bond donors (Lipinski definition) is 2. The molecule has 1 aromatic heterocycles. The molecule has 9 heteroatoms. The third kappa shape index (κ3) is 3.13. The molecule has 6 nitrogen and oxygen atoms in total. The fraction of sp³-hybridized carbons (Fsp3) is 0.105. The molecule has 0 saturated heterocycles. The summed E-state index contributed by atoms with van der Waals surface area (Å²) < 4.78 is 29.5. The minimum Gasteiger partial charge on any atom is -0.478 e. The van der Waals surface area contributed by atoms with Crippen LogP contribution in [0.5, 0.6) is 0 Å². The monoisotopic (exact) mass is 401 g/mol. The number of aromatic carboxylic acids is 1. The summed E-state index contributed by atoms with van der Waals surface area (Å²) in [5.74, 6) is -2.87. The first-order valence-corrected chi connectivity index (χ1v) is 9.27. The number of carboxylic acid groups (broad SMARTS) is 1. The van der Waals surface area contributed by atoms with Gasteiger partial charge in [-0.2, -0.15) is 5.10 Å². The Morgan fingerprint density at radius 1 is 1.18 bits per heavy atom. The first-order valence-electron chi connectivity index (χ1n) is 8.22. The van der Waals surface area contributed by atoms with Gasteiger partial charge in [0, 0.05) is 11.1 Å². The van der Waals surface area contributed by atoms with E-state index in [0.717, 1.165) is 6.07 Å². The number of aromatic nitrogens is 2. The van der Waals surface area contributed by atoms with Gasteiger partial charge in [-0.05, 0) is 30.3 Å². The van der Waals surface area contributed by atoms with Gasteiger partial charge in [0.25, 0.3) is 0 Å². The van der Waals surface area contributed by atoms with E-state index in [-0.39, 0.29) is 22.8 Å². The number of thioether (sulfide) groups is 1. The predicted molar refractivity (Wildman–Crippen MR) is 99.8 cm³/mol. The largest absolute Gasteiger partial charge is 0.478 e. The van der Waals surface area contributed by atoms with Crippen LogP contribution >= 0.6 is 11.8 Å². The van der Waals surface area contributed by atoms with Crippen molar-refractivity contribution in [3.63, 3.8) is 0 Å². The number of nitrogens with one attached hydrogen (secondary N) is 1. The van der Waals surface area contributed by atoms with Gasteiger partial charge in [0.2, 0.25) is 5.91 Å². The van der Waals surface area contributed by atoms with Crippen LogP contribution in [0.2, 0.25) is 0 Å². The highest BCUT2D eigenvalue weighted by atomic mass is 32.2. The van der Waals surface area contributed by atoms with Crippen LogP contribution in [0.25, 0.3) is 5.69 Å². The summed E-state index contributed by atoms with van der Waals surface area (Å²) in [5.41, 5.74) is 1.30. The lowest BCUT2D eigenvalue weighted by atomic mass is 10.1. The second-order valence-corrected chi connectivity index (χ2v) is 7.19. The summed E-state index contributed by atoms with van der Waals surface area (Å²) in [6.45, 7) is 0. The molecule has 1 aliphatic heterocycles. The summed E-state index contributed by atoms with van der Waals surface area (Å²) >= 11 is 1.18. The third-order valence-electron chi connectivity index (χ3n) is 4.34.